The van der Waals surface area contributed by atoms with Gasteiger partial charge >= 0.3 is 0 Å². The molecule has 3 N–H and O–H groups in total. The Morgan fingerprint density at radius 3 is 2.37 bits per heavy atom. The highest BCUT2D eigenvalue weighted by Gasteiger charge is 2.17. The molecule has 2 heterocycles. The van der Waals surface area contributed by atoms with Crippen molar-refractivity contribution < 1.29 is 0 Å². The van der Waals surface area contributed by atoms with E-state index in [0.717, 1.165) is 43.4 Å². The van der Waals surface area contributed by atoms with Crippen LogP contribution in [0.25, 0.3) is 0 Å². The van der Waals surface area contributed by atoms with Gasteiger partial charge in [0.2, 0.25) is 0 Å². The van der Waals surface area contributed by atoms with Crippen LogP contribution in [-0.4, -0.2) is 53.1 Å². The normalized spacial score (nSPS) is 17.9. The third kappa shape index (κ3) is 3.33. The summed E-state index contributed by atoms with van der Waals surface area (Å²) in [7, 11) is 2.14. The number of hydrazine groups is 1. The van der Waals surface area contributed by atoms with Crippen LogP contribution < -0.4 is 11.2 Å². The Morgan fingerprint density at radius 2 is 1.79 bits per heavy atom. The first kappa shape index (κ1) is 14.0. The molecule has 0 atom stereocenters. The van der Waals surface area contributed by atoms with Gasteiger partial charge in [-0.05, 0) is 14.0 Å². The molecule has 1 aromatic rings. The summed E-state index contributed by atoms with van der Waals surface area (Å²) in [6.07, 6.45) is 0. The Balaban J connectivity index is 2.15. The van der Waals surface area contributed by atoms with Gasteiger partial charge in [0, 0.05) is 37.7 Å². The van der Waals surface area contributed by atoms with Gasteiger partial charge in [-0.3, -0.25) is 0 Å². The maximum Gasteiger partial charge on any atom is 0.149 e. The molecule has 6 nitrogen and oxygen atoms in total. The molecule has 0 amide bonds. The van der Waals surface area contributed by atoms with Crippen molar-refractivity contribution in [3.63, 3.8) is 0 Å². The highest BCUT2D eigenvalue weighted by atomic mass is 15.5. The van der Waals surface area contributed by atoms with Crippen molar-refractivity contribution in [2.45, 2.75) is 26.7 Å². The summed E-state index contributed by atoms with van der Waals surface area (Å²) < 4.78 is 0. The number of rotatable bonds is 3. The SMILES string of the molecule is Cc1c(N)nc(C(C)C)nc1NN1CCN(C)CC1. The lowest BCUT2D eigenvalue weighted by atomic mass is 10.2. The van der Waals surface area contributed by atoms with Crippen LogP contribution in [0.15, 0.2) is 0 Å². The lowest BCUT2D eigenvalue weighted by Crippen LogP contribution is -2.47. The molecular formula is C13H24N6. The molecule has 0 aliphatic carbocycles. The highest BCUT2D eigenvalue weighted by Crippen LogP contribution is 2.21. The van der Waals surface area contributed by atoms with Gasteiger partial charge in [-0.15, -0.1) is 0 Å². The second-order valence-electron chi connectivity index (χ2n) is 5.50. The molecule has 1 aliphatic heterocycles. The molecule has 19 heavy (non-hydrogen) atoms. The molecule has 1 fully saturated rings. The molecule has 1 aliphatic rings. The number of nitrogens with two attached hydrogens (primary N) is 1. The zero-order valence-corrected chi connectivity index (χ0v) is 12.3. The van der Waals surface area contributed by atoms with Gasteiger partial charge in [-0.1, -0.05) is 13.8 Å². The van der Waals surface area contributed by atoms with E-state index in [1.807, 2.05) is 6.92 Å². The quantitative estimate of drug-likeness (QED) is 0.851. The fraction of sp³-hybridized carbons (Fsp3) is 0.692. The second-order valence-corrected chi connectivity index (χ2v) is 5.50. The maximum absolute atomic E-state index is 5.97. The molecule has 0 bridgehead atoms. The van der Waals surface area contributed by atoms with Gasteiger partial charge < -0.3 is 16.1 Å². The van der Waals surface area contributed by atoms with Gasteiger partial charge in [0.05, 0.1) is 0 Å². The van der Waals surface area contributed by atoms with Gasteiger partial charge in [-0.25, -0.2) is 15.0 Å². The van der Waals surface area contributed by atoms with E-state index >= 15 is 0 Å². The molecule has 0 aromatic carbocycles. The minimum absolute atomic E-state index is 0.274. The predicted octanol–water partition coefficient (Wildman–Crippen LogP) is 1.06. The molecule has 0 spiro atoms. The van der Waals surface area contributed by atoms with Crippen molar-refractivity contribution in [2.24, 2.45) is 0 Å². The summed E-state index contributed by atoms with van der Waals surface area (Å²) in [5.74, 6) is 2.46. The fourth-order valence-electron chi connectivity index (χ4n) is 1.99. The van der Waals surface area contributed by atoms with Crippen molar-refractivity contribution >= 4 is 11.6 Å². The average molecular weight is 264 g/mol. The summed E-state index contributed by atoms with van der Waals surface area (Å²) in [5.41, 5.74) is 10.3. The molecule has 106 valence electrons. The van der Waals surface area contributed by atoms with E-state index in [1.165, 1.54) is 0 Å². The number of nitrogens with zero attached hydrogens (tertiary/aromatic N) is 4. The summed E-state index contributed by atoms with van der Waals surface area (Å²) in [4.78, 5) is 11.2. The average Bonchev–Trinajstić information content (AvgIpc) is 2.37. The van der Waals surface area contributed by atoms with Crippen LogP contribution in [0.4, 0.5) is 11.6 Å². The Kier molecular flexibility index (Phi) is 4.21. The number of anilines is 2. The fourth-order valence-corrected chi connectivity index (χ4v) is 1.99. The first-order chi connectivity index (χ1) is 8.97. The van der Waals surface area contributed by atoms with E-state index < -0.39 is 0 Å². The number of hydrogen-bond acceptors (Lipinski definition) is 6. The number of hydrogen-bond donors (Lipinski definition) is 2. The molecule has 0 unspecified atom stereocenters. The van der Waals surface area contributed by atoms with Crippen molar-refractivity contribution in [1.82, 2.24) is 19.9 Å². The number of likely N-dealkylation sites (N-methyl/N-ethyl adjacent to an activating group) is 1. The van der Waals surface area contributed by atoms with Crippen LogP contribution >= 0.6 is 0 Å². The Hall–Kier alpha value is -1.40. The predicted molar refractivity (Wildman–Crippen MR) is 78.0 cm³/mol. The molecule has 0 saturated carbocycles. The first-order valence-corrected chi connectivity index (χ1v) is 6.81. The van der Waals surface area contributed by atoms with Gasteiger partial charge in [-0.2, -0.15) is 0 Å². The molecule has 2 rings (SSSR count). The van der Waals surface area contributed by atoms with E-state index in [-0.39, 0.29) is 5.92 Å². The van der Waals surface area contributed by atoms with Crippen LogP contribution in [0.3, 0.4) is 0 Å². The lowest BCUT2D eigenvalue weighted by molar-refractivity contribution is 0.178. The minimum Gasteiger partial charge on any atom is -0.383 e. The minimum atomic E-state index is 0.274. The first-order valence-electron chi connectivity index (χ1n) is 6.81. The van der Waals surface area contributed by atoms with Crippen LogP contribution in [0, 0.1) is 6.92 Å². The van der Waals surface area contributed by atoms with Crippen molar-refractivity contribution in [3.05, 3.63) is 11.4 Å². The topological polar surface area (TPSA) is 70.3 Å². The number of aromatic nitrogens is 2. The van der Waals surface area contributed by atoms with E-state index in [1.54, 1.807) is 0 Å². The largest absolute Gasteiger partial charge is 0.383 e. The number of piperazine rings is 1. The smallest absolute Gasteiger partial charge is 0.149 e. The van der Waals surface area contributed by atoms with E-state index in [4.69, 9.17) is 5.73 Å². The molecule has 1 aromatic heterocycles. The van der Waals surface area contributed by atoms with Crippen molar-refractivity contribution in [2.75, 3.05) is 44.4 Å². The standard InChI is InChI=1S/C13H24N6/c1-9(2)12-15-11(14)10(3)13(16-12)17-19-7-5-18(4)6-8-19/h9H,5-8H2,1-4H3,(H3,14,15,16,17). The lowest BCUT2D eigenvalue weighted by Gasteiger charge is -2.33. The van der Waals surface area contributed by atoms with Gasteiger partial charge in [0.25, 0.3) is 0 Å². The zero-order chi connectivity index (χ0) is 14.0. The van der Waals surface area contributed by atoms with Crippen LogP contribution in [0.1, 0.15) is 31.2 Å². The molecule has 0 radical (unpaired) electrons. The summed E-state index contributed by atoms with van der Waals surface area (Å²) >= 11 is 0. The molecule has 1 saturated heterocycles. The highest BCUT2D eigenvalue weighted by molar-refractivity contribution is 5.54. The van der Waals surface area contributed by atoms with Crippen molar-refractivity contribution in [1.29, 1.82) is 0 Å². The summed E-state index contributed by atoms with van der Waals surface area (Å²) in [6.45, 7) is 10.2. The van der Waals surface area contributed by atoms with E-state index in [9.17, 15) is 0 Å². The Morgan fingerprint density at radius 1 is 1.16 bits per heavy atom. The van der Waals surface area contributed by atoms with E-state index in [0.29, 0.717) is 5.82 Å². The molecular weight excluding hydrogens is 240 g/mol. The Bertz CT molecular complexity index is 437. The summed E-state index contributed by atoms with van der Waals surface area (Å²) in [6, 6.07) is 0. The number of nitrogens with one attached hydrogen (secondary N) is 1. The van der Waals surface area contributed by atoms with Crippen molar-refractivity contribution in [3.8, 4) is 0 Å². The zero-order valence-electron chi connectivity index (χ0n) is 12.3. The van der Waals surface area contributed by atoms with E-state index in [2.05, 4.69) is 46.2 Å². The Labute approximate surface area is 115 Å². The summed E-state index contributed by atoms with van der Waals surface area (Å²) in [5, 5.41) is 2.19. The van der Waals surface area contributed by atoms with Gasteiger partial charge in [0.1, 0.15) is 17.5 Å². The third-order valence-electron chi connectivity index (χ3n) is 3.48. The second kappa shape index (κ2) is 5.71. The monoisotopic (exact) mass is 264 g/mol. The number of nitrogen functional groups attached to an aromatic ring is 1. The van der Waals surface area contributed by atoms with Gasteiger partial charge in [0.15, 0.2) is 0 Å². The van der Waals surface area contributed by atoms with Crippen LogP contribution in [0.2, 0.25) is 0 Å². The maximum atomic E-state index is 5.97. The van der Waals surface area contributed by atoms with Crippen LogP contribution in [0.5, 0.6) is 0 Å². The third-order valence-corrected chi connectivity index (χ3v) is 3.48. The van der Waals surface area contributed by atoms with Crippen LogP contribution in [-0.2, 0) is 0 Å². The molecule has 6 heteroatoms.